The van der Waals surface area contributed by atoms with E-state index in [-0.39, 0.29) is 0 Å². The molecule has 1 unspecified atom stereocenters. The van der Waals surface area contributed by atoms with E-state index >= 15 is 0 Å². The van der Waals surface area contributed by atoms with Crippen LogP contribution in [0.1, 0.15) is 5.56 Å². The number of allylic oxidation sites excluding steroid dienone is 2. The van der Waals surface area contributed by atoms with E-state index < -0.39 is 6.23 Å². The lowest BCUT2D eigenvalue weighted by molar-refractivity contribution is 0.244. The van der Waals surface area contributed by atoms with E-state index in [0.29, 0.717) is 16.6 Å². The molecule has 1 aromatic carbocycles. The number of amidine groups is 1. The van der Waals surface area contributed by atoms with Gasteiger partial charge in [0.25, 0.3) is 0 Å². The zero-order valence-electron chi connectivity index (χ0n) is 9.36. The van der Waals surface area contributed by atoms with Crippen molar-refractivity contribution >= 4 is 23.1 Å². The number of hydrogen-bond donors (Lipinski definition) is 1. The topological polar surface area (TPSA) is 48.2 Å². The predicted molar refractivity (Wildman–Crippen MR) is 71.5 cm³/mol. The molecular formula is C13H10ClN3O. The van der Waals surface area contributed by atoms with E-state index in [9.17, 15) is 5.11 Å². The Morgan fingerprint density at radius 3 is 2.72 bits per heavy atom. The van der Waals surface area contributed by atoms with Crippen molar-refractivity contribution in [1.29, 1.82) is 0 Å². The van der Waals surface area contributed by atoms with Crippen LogP contribution in [0.3, 0.4) is 0 Å². The van der Waals surface area contributed by atoms with Gasteiger partial charge in [-0.25, -0.2) is 10.0 Å². The highest BCUT2D eigenvalue weighted by Crippen LogP contribution is 2.18. The Hall–Kier alpha value is -1.91. The van der Waals surface area contributed by atoms with E-state index in [1.54, 1.807) is 29.4 Å². The van der Waals surface area contributed by atoms with Gasteiger partial charge in [0.2, 0.25) is 0 Å². The average molecular weight is 260 g/mol. The molecule has 1 aromatic rings. The normalized spacial score (nSPS) is 21.4. The quantitative estimate of drug-likeness (QED) is 0.840. The number of hydrazone groups is 1. The molecule has 0 spiro atoms. The van der Waals surface area contributed by atoms with Gasteiger partial charge in [-0.3, -0.25) is 0 Å². The lowest BCUT2D eigenvalue weighted by Gasteiger charge is -2.25. The first-order valence-corrected chi connectivity index (χ1v) is 5.86. The maximum absolute atomic E-state index is 9.99. The highest BCUT2D eigenvalue weighted by molar-refractivity contribution is 6.30. The van der Waals surface area contributed by atoms with E-state index in [4.69, 9.17) is 11.6 Å². The summed E-state index contributed by atoms with van der Waals surface area (Å²) in [5.41, 5.74) is 1.31. The van der Waals surface area contributed by atoms with E-state index in [1.165, 1.54) is 0 Å². The van der Waals surface area contributed by atoms with Gasteiger partial charge in [-0.05, 0) is 24.3 Å². The fraction of sp³-hybridized carbons (Fsp3) is 0.0769. The molecule has 3 rings (SSSR count). The Morgan fingerprint density at radius 1 is 1.17 bits per heavy atom. The highest BCUT2D eigenvalue weighted by Gasteiger charge is 2.23. The Morgan fingerprint density at radius 2 is 1.94 bits per heavy atom. The number of fused-ring (bicyclic) bond motifs is 1. The molecular weight excluding hydrogens is 250 g/mol. The molecule has 0 fully saturated rings. The number of aliphatic hydroxyl groups is 1. The average Bonchev–Trinajstić information content (AvgIpc) is 2.39. The van der Waals surface area contributed by atoms with Gasteiger partial charge in [0.05, 0.1) is 0 Å². The van der Waals surface area contributed by atoms with Gasteiger partial charge in [0.15, 0.2) is 12.1 Å². The second kappa shape index (κ2) is 4.40. The zero-order valence-corrected chi connectivity index (χ0v) is 10.1. The Balaban J connectivity index is 1.98. The van der Waals surface area contributed by atoms with Gasteiger partial charge >= 0.3 is 0 Å². The van der Waals surface area contributed by atoms with Crippen molar-refractivity contribution in [2.75, 3.05) is 0 Å². The molecule has 1 N–H and O–H groups in total. The summed E-state index contributed by atoms with van der Waals surface area (Å²) < 4.78 is 0. The zero-order chi connectivity index (χ0) is 12.5. The molecule has 0 radical (unpaired) electrons. The molecule has 0 bridgehead atoms. The molecule has 1 atom stereocenters. The largest absolute Gasteiger partial charge is 0.367 e. The Kier molecular flexibility index (Phi) is 2.74. The summed E-state index contributed by atoms with van der Waals surface area (Å²) in [7, 11) is 0. The monoisotopic (exact) mass is 259 g/mol. The van der Waals surface area contributed by atoms with Crippen molar-refractivity contribution < 1.29 is 5.11 Å². The van der Waals surface area contributed by atoms with Crippen LogP contribution >= 0.6 is 11.6 Å². The van der Waals surface area contributed by atoms with Crippen molar-refractivity contribution in [3.05, 3.63) is 59.3 Å². The number of benzene rings is 1. The summed E-state index contributed by atoms with van der Waals surface area (Å²) in [6.45, 7) is 0. The van der Waals surface area contributed by atoms with Gasteiger partial charge in [-0.1, -0.05) is 29.8 Å². The van der Waals surface area contributed by atoms with Crippen LogP contribution in [-0.2, 0) is 0 Å². The third kappa shape index (κ3) is 1.96. The molecule has 0 saturated carbocycles. The SMILES string of the molecule is OC1N=C2C=CC=CN2N=C1c1ccc(Cl)cc1. The molecule has 5 heteroatoms. The number of nitrogens with zero attached hydrogens (tertiary/aromatic N) is 3. The number of aliphatic hydroxyl groups excluding tert-OH is 1. The van der Waals surface area contributed by atoms with Gasteiger partial charge < -0.3 is 5.11 Å². The minimum absolute atomic E-state index is 0.510. The highest BCUT2D eigenvalue weighted by atomic mass is 35.5. The molecule has 0 aromatic heterocycles. The lowest BCUT2D eigenvalue weighted by Crippen LogP contribution is -2.34. The lowest BCUT2D eigenvalue weighted by atomic mass is 10.1. The van der Waals surface area contributed by atoms with Crippen molar-refractivity contribution in [3.8, 4) is 0 Å². The first-order valence-electron chi connectivity index (χ1n) is 5.48. The number of aliphatic imine (C=N–C) groups is 1. The molecule has 90 valence electrons. The van der Waals surface area contributed by atoms with Crippen LogP contribution in [0.15, 0.2) is 58.8 Å². The van der Waals surface area contributed by atoms with E-state index in [0.717, 1.165) is 5.56 Å². The summed E-state index contributed by atoms with van der Waals surface area (Å²) >= 11 is 5.84. The van der Waals surface area contributed by atoms with Gasteiger partial charge in [-0.15, -0.1) is 0 Å². The minimum atomic E-state index is -0.950. The van der Waals surface area contributed by atoms with Crippen LogP contribution in [0.4, 0.5) is 0 Å². The first-order chi connectivity index (χ1) is 8.74. The smallest absolute Gasteiger partial charge is 0.193 e. The van der Waals surface area contributed by atoms with Crippen LogP contribution in [0, 0.1) is 0 Å². The van der Waals surface area contributed by atoms with Gasteiger partial charge in [0.1, 0.15) is 5.71 Å². The van der Waals surface area contributed by atoms with Gasteiger partial charge in [-0.2, -0.15) is 5.10 Å². The van der Waals surface area contributed by atoms with E-state index in [1.807, 2.05) is 24.3 Å². The van der Waals surface area contributed by atoms with Crippen molar-refractivity contribution in [3.63, 3.8) is 0 Å². The summed E-state index contributed by atoms with van der Waals surface area (Å²) in [5, 5.41) is 16.7. The van der Waals surface area contributed by atoms with Crippen molar-refractivity contribution in [2.24, 2.45) is 10.1 Å². The maximum atomic E-state index is 9.99. The molecule has 2 aliphatic heterocycles. The third-order valence-electron chi connectivity index (χ3n) is 2.67. The molecule has 0 aliphatic carbocycles. The summed E-state index contributed by atoms with van der Waals surface area (Å²) in [6, 6.07) is 7.15. The van der Waals surface area contributed by atoms with E-state index in [2.05, 4.69) is 10.1 Å². The minimum Gasteiger partial charge on any atom is -0.367 e. The number of rotatable bonds is 1. The van der Waals surface area contributed by atoms with Crippen LogP contribution in [0.5, 0.6) is 0 Å². The van der Waals surface area contributed by atoms with Gasteiger partial charge in [0, 0.05) is 16.8 Å². The van der Waals surface area contributed by atoms with Crippen LogP contribution < -0.4 is 0 Å². The second-order valence-corrected chi connectivity index (χ2v) is 4.33. The van der Waals surface area contributed by atoms with Crippen LogP contribution in [-0.4, -0.2) is 27.9 Å². The Labute approximate surface area is 109 Å². The van der Waals surface area contributed by atoms with Crippen molar-refractivity contribution in [1.82, 2.24) is 5.01 Å². The van der Waals surface area contributed by atoms with Crippen LogP contribution in [0.25, 0.3) is 0 Å². The standard InChI is InChI=1S/C13H10ClN3O/c14-10-6-4-9(5-7-10)12-13(18)15-11-3-1-2-8-17(11)16-12/h1-8,13,18H. The fourth-order valence-electron chi connectivity index (χ4n) is 1.79. The Bertz CT molecular complexity index is 587. The first kappa shape index (κ1) is 11.2. The maximum Gasteiger partial charge on any atom is 0.193 e. The summed E-state index contributed by atoms with van der Waals surface area (Å²) in [6.07, 6.45) is 6.35. The molecule has 0 saturated heterocycles. The molecule has 2 aliphatic rings. The number of halogens is 1. The molecule has 0 amide bonds. The molecule has 18 heavy (non-hydrogen) atoms. The molecule has 4 nitrogen and oxygen atoms in total. The molecule has 2 heterocycles. The summed E-state index contributed by atoms with van der Waals surface area (Å²) in [4.78, 5) is 4.18. The fourth-order valence-corrected chi connectivity index (χ4v) is 1.92. The second-order valence-electron chi connectivity index (χ2n) is 3.90. The van der Waals surface area contributed by atoms with Crippen LogP contribution in [0.2, 0.25) is 5.02 Å². The predicted octanol–water partition coefficient (Wildman–Crippen LogP) is 2.16. The van der Waals surface area contributed by atoms with Crippen molar-refractivity contribution in [2.45, 2.75) is 6.23 Å². The third-order valence-corrected chi connectivity index (χ3v) is 2.92. The number of hydrogen-bond acceptors (Lipinski definition) is 4. The summed E-state index contributed by atoms with van der Waals surface area (Å²) in [5.74, 6) is 0.628.